The van der Waals surface area contributed by atoms with Crippen LogP contribution in [-0.4, -0.2) is 28.8 Å². The molecule has 24 heavy (non-hydrogen) atoms. The SMILES string of the molecule is CC(C)Cc1cccc(C(C)C(NC(=O)OC(C)(C)C)C(=O)O)c1. The zero-order valence-electron chi connectivity index (χ0n) is 15.4. The molecule has 1 amide bonds. The minimum absolute atomic E-state index is 0.373. The lowest BCUT2D eigenvalue weighted by Crippen LogP contribution is -2.46. The summed E-state index contributed by atoms with van der Waals surface area (Å²) in [6, 6.07) is 6.82. The third kappa shape index (κ3) is 6.60. The van der Waals surface area contributed by atoms with Crippen molar-refractivity contribution in [2.45, 2.75) is 65.5 Å². The second kappa shape index (κ2) is 8.18. The molecule has 134 valence electrons. The maximum atomic E-state index is 11.9. The van der Waals surface area contributed by atoms with Gasteiger partial charge in [-0.1, -0.05) is 45.0 Å². The molecule has 0 aromatic heterocycles. The summed E-state index contributed by atoms with van der Waals surface area (Å²) in [6.45, 7) is 11.3. The topological polar surface area (TPSA) is 75.6 Å². The van der Waals surface area contributed by atoms with Gasteiger partial charge in [-0.05, 0) is 44.2 Å². The van der Waals surface area contributed by atoms with E-state index in [1.54, 1.807) is 27.7 Å². The number of carbonyl (C=O) groups is 2. The van der Waals surface area contributed by atoms with Gasteiger partial charge in [-0.2, -0.15) is 0 Å². The Kier molecular flexibility index (Phi) is 6.81. The van der Waals surface area contributed by atoms with Crippen molar-refractivity contribution in [2.24, 2.45) is 5.92 Å². The monoisotopic (exact) mass is 335 g/mol. The Morgan fingerprint density at radius 3 is 2.33 bits per heavy atom. The Labute approximate surface area is 144 Å². The number of benzene rings is 1. The summed E-state index contributed by atoms with van der Waals surface area (Å²) in [5.74, 6) is -0.935. The number of nitrogens with one attached hydrogen (secondary N) is 1. The van der Waals surface area contributed by atoms with Gasteiger partial charge < -0.3 is 15.2 Å². The van der Waals surface area contributed by atoms with Crippen LogP contribution in [0.2, 0.25) is 0 Å². The molecule has 0 bridgehead atoms. The van der Waals surface area contributed by atoms with Crippen molar-refractivity contribution in [3.63, 3.8) is 0 Å². The Balaban J connectivity index is 2.92. The second-order valence-corrected chi connectivity index (χ2v) is 7.59. The van der Waals surface area contributed by atoms with Crippen LogP contribution in [0.5, 0.6) is 0 Å². The molecule has 0 aliphatic heterocycles. The first-order chi connectivity index (χ1) is 11.0. The van der Waals surface area contributed by atoms with E-state index in [0.717, 1.165) is 17.5 Å². The molecule has 0 aliphatic carbocycles. The van der Waals surface area contributed by atoms with Crippen molar-refractivity contribution >= 4 is 12.1 Å². The first kappa shape index (κ1) is 20.0. The smallest absolute Gasteiger partial charge is 0.408 e. The zero-order valence-corrected chi connectivity index (χ0v) is 15.4. The number of carboxylic acid groups (broad SMARTS) is 1. The second-order valence-electron chi connectivity index (χ2n) is 7.59. The van der Waals surface area contributed by atoms with Crippen molar-refractivity contribution in [3.8, 4) is 0 Å². The largest absolute Gasteiger partial charge is 0.480 e. The molecular weight excluding hydrogens is 306 g/mol. The van der Waals surface area contributed by atoms with Gasteiger partial charge in [0.05, 0.1) is 0 Å². The van der Waals surface area contributed by atoms with Crippen molar-refractivity contribution in [1.29, 1.82) is 0 Å². The Hall–Kier alpha value is -2.04. The van der Waals surface area contributed by atoms with Crippen LogP contribution in [0.15, 0.2) is 24.3 Å². The van der Waals surface area contributed by atoms with Crippen LogP contribution < -0.4 is 5.32 Å². The molecule has 0 fully saturated rings. The Bertz CT molecular complexity index is 575. The molecule has 0 saturated carbocycles. The number of hydrogen-bond donors (Lipinski definition) is 2. The van der Waals surface area contributed by atoms with E-state index >= 15 is 0 Å². The molecule has 0 heterocycles. The molecule has 0 spiro atoms. The van der Waals surface area contributed by atoms with E-state index in [0.29, 0.717) is 5.92 Å². The van der Waals surface area contributed by atoms with Gasteiger partial charge in [0.1, 0.15) is 11.6 Å². The normalized spacial score (nSPS) is 14.1. The predicted molar refractivity (Wildman–Crippen MR) is 94.2 cm³/mol. The first-order valence-corrected chi connectivity index (χ1v) is 8.30. The zero-order chi connectivity index (χ0) is 18.5. The van der Waals surface area contributed by atoms with E-state index in [-0.39, 0.29) is 5.92 Å². The standard InChI is InChI=1S/C19H29NO4/c1-12(2)10-14-8-7-9-15(11-14)13(3)16(17(21)22)20-18(23)24-19(4,5)6/h7-9,11-13,16H,10H2,1-6H3,(H,20,23)(H,21,22). The third-order valence-electron chi connectivity index (χ3n) is 3.56. The van der Waals surface area contributed by atoms with E-state index in [1.165, 1.54) is 0 Å². The van der Waals surface area contributed by atoms with Gasteiger partial charge in [0.25, 0.3) is 0 Å². The van der Waals surface area contributed by atoms with Crippen LogP contribution >= 0.6 is 0 Å². The molecule has 2 unspecified atom stereocenters. The molecule has 1 aromatic carbocycles. The van der Waals surface area contributed by atoms with Crippen LogP contribution in [0, 0.1) is 5.92 Å². The first-order valence-electron chi connectivity index (χ1n) is 8.30. The summed E-state index contributed by atoms with van der Waals surface area (Å²) < 4.78 is 5.17. The molecule has 1 rings (SSSR count). The number of ether oxygens (including phenoxy) is 1. The molecule has 0 aliphatic rings. The van der Waals surface area contributed by atoms with Crippen LogP contribution in [-0.2, 0) is 16.0 Å². The fourth-order valence-corrected chi connectivity index (χ4v) is 2.50. The highest BCUT2D eigenvalue weighted by molar-refractivity contribution is 5.81. The molecule has 0 radical (unpaired) electrons. The highest BCUT2D eigenvalue weighted by Crippen LogP contribution is 2.22. The van der Waals surface area contributed by atoms with Gasteiger partial charge in [-0.3, -0.25) is 0 Å². The number of alkyl carbamates (subject to hydrolysis) is 1. The maximum Gasteiger partial charge on any atom is 0.408 e. The molecule has 2 atom stereocenters. The van der Waals surface area contributed by atoms with E-state index in [4.69, 9.17) is 4.74 Å². The van der Waals surface area contributed by atoms with Gasteiger partial charge in [0, 0.05) is 5.92 Å². The molecule has 2 N–H and O–H groups in total. The predicted octanol–water partition coefficient (Wildman–Crippen LogP) is 3.97. The minimum Gasteiger partial charge on any atom is -0.480 e. The quantitative estimate of drug-likeness (QED) is 0.825. The third-order valence-corrected chi connectivity index (χ3v) is 3.56. The van der Waals surface area contributed by atoms with Crippen molar-refractivity contribution in [2.75, 3.05) is 0 Å². The van der Waals surface area contributed by atoms with Crippen molar-refractivity contribution in [3.05, 3.63) is 35.4 Å². The summed E-state index contributed by atoms with van der Waals surface area (Å²) in [7, 11) is 0. The number of hydrogen-bond acceptors (Lipinski definition) is 3. The van der Waals surface area contributed by atoms with Gasteiger partial charge in [0.2, 0.25) is 0 Å². The van der Waals surface area contributed by atoms with Gasteiger partial charge in [-0.25, -0.2) is 9.59 Å². The Morgan fingerprint density at radius 2 is 1.83 bits per heavy atom. The molecule has 5 nitrogen and oxygen atoms in total. The van der Waals surface area contributed by atoms with E-state index in [2.05, 4.69) is 19.2 Å². The average molecular weight is 335 g/mol. The minimum atomic E-state index is -1.08. The van der Waals surface area contributed by atoms with Crippen LogP contribution in [0.3, 0.4) is 0 Å². The molecule has 5 heteroatoms. The van der Waals surface area contributed by atoms with Gasteiger partial charge in [0.15, 0.2) is 0 Å². The van der Waals surface area contributed by atoms with Crippen LogP contribution in [0.4, 0.5) is 4.79 Å². The highest BCUT2D eigenvalue weighted by atomic mass is 16.6. The van der Waals surface area contributed by atoms with Crippen molar-refractivity contribution < 1.29 is 19.4 Å². The van der Waals surface area contributed by atoms with E-state index in [9.17, 15) is 14.7 Å². The summed E-state index contributed by atoms with van der Waals surface area (Å²) in [4.78, 5) is 23.5. The number of carbonyl (C=O) groups excluding carboxylic acids is 1. The molecular formula is C19H29NO4. The number of amides is 1. The van der Waals surface area contributed by atoms with E-state index < -0.39 is 23.7 Å². The van der Waals surface area contributed by atoms with Crippen LogP contribution in [0.25, 0.3) is 0 Å². The lowest BCUT2D eigenvalue weighted by atomic mass is 9.90. The maximum absolute atomic E-state index is 11.9. The average Bonchev–Trinajstić information content (AvgIpc) is 2.41. The number of aliphatic carboxylic acids is 1. The summed E-state index contributed by atoms with van der Waals surface area (Å²) >= 11 is 0. The fraction of sp³-hybridized carbons (Fsp3) is 0.579. The van der Waals surface area contributed by atoms with Crippen molar-refractivity contribution in [1.82, 2.24) is 5.32 Å². The summed E-state index contributed by atoms with van der Waals surface area (Å²) in [6.07, 6.45) is 0.206. The molecule has 0 saturated heterocycles. The highest BCUT2D eigenvalue weighted by Gasteiger charge is 2.29. The number of carboxylic acids is 1. The summed E-state index contributed by atoms with van der Waals surface area (Å²) in [5.41, 5.74) is 1.38. The Morgan fingerprint density at radius 1 is 1.21 bits per heavy atom. The van der Waals surface area contributed by atoms with Gasteiger partial charge >= 0.3 is 12.1 Å². The van der Waals surface area contributed by atoms with Crippen LogP contribution in [0.1, 0.15) is 58.6 Å². The number of rotatable bonds is 6. The lowest BCUT2D eigenvalue weighted by molar-refractivity contribution is -0.140. The van der Waals surface area contributed by atoms with Gasteiger partial charge in [-0.15, -0.1) is 0 Å². The van der Waals surface area contributed by atoms with E-state index in [1.807, 2.05) is 24.3 Å². The summed E-state index contributed by atoms with van der Waals surface area (Å²) in [5, 5.41) is 12.0. The molecule has 1 aromatic rings. The fourth-order valence-electron chi connectivity index (χ4n) is 2.50. The lowest BCUT2D eigenvalue weighted by Gasteiger charge is -2.25.